The first kappa shape index (κ1) is 14.4. The van der Waals surface area contributed by atoms with E-state index in [1.165, 1.54) is 12.3 Å². The van der Waals surface area contributed by atoms with Gasteiger partial charge in [-0.3, -0.25) is 4.79 Å². The number of hydrogen-bond acceptors (Lipinski definition) is 3. The lowest BCUT2D eigenvalue weighted by atomic mass is 9.85. The molecule has 3 nitrogen and oxygen atoms in total. The van der Waals surface area contributed by atoms with Gasteiger partial charge in [0.05, 0.1) is 10.9 Å². The van der Waals surface area contributed by atoms with E-state index in [4.69, 9.17) is 4.42 Å². The van der Waals surface area contributed by atoms with Crippen molar-refractivity contribution in [3.05, 3.63) is 64.5 Å². The van der Waals surface area contributed by atoms with Crippen molar-refractivity contribution in [3.63, 3.8) is 0 Å². The normalized spacial score (nSPS) is 11.8. The standard InChI is InChI=1S/C19H18O3/c1-19(2,3)15-9-13-17(10-16(15)20)22-11-14(18(13)21)12-7-5-4-6-8-12/h4-11,20H,1-3H3. The van der Waals surface area contributed by atoms with Crippen LogP contribution in [0.4, 0.5) is 0 Å². The van der Waals surface area contributed by atoms with E-state index in [-0.39, 0.29) is 16.6 Å². The molecule has 1 heterocycles. The summed E-state index contributed by atoms with van der Waals surface area (Å²) in [5.74, 6) is 0.149. The average molecular weight is 294 g/mol. The number of fused-ring (bicyclic) bond motifs is 1. The molecule has 0 amide bonds. The van der Waals surface area contributed by atoms with Crippen LogP contribution < -0.4 is 5.43 Å². The van der Waals surface area contributed by atoms with Crippen LogP contribution in [-0.2, 0) is 5.41 Å². The summed E-state index contributed by atoms with van der Waals surface area (Å²) in [6.07, 6.45) is 1.45. The molecule has 0 saturated heterocycles. The maximum atomic E-state index is 12.8. The quantitative estimate of drug-likeness (QED) is 0.720. The van der Waals surface area contributed by atoms with E-state index in [2.05, 4.69) is 0 Å². The summed E-state index contributed by atoms with van der Waals surface area (Å²) in [5.41, 5.74) is 2.14. The first-order chi connectivity index (χ1) is 10.4. The smallest absolute Gasteiger partial charge is 0.200 e. The van der Waals surface area contributed by atoms with Gasteiger partial charge in [0.1, 0.15) is 17.6 Å². The van der Waals surface area contributed by atoms with Gasteiger partial charge in [0.15, 0.2) is 0 Å². The summed E-state index contributed by atoms with van der Waals surface area (Å²) in [5, 5.41) is 10.6. The first-order valence-electron chi connectivity index (χ1n) is 7.22. The fourth-order valence-electron chi connectivity index (χ4n) is 2.58. The Kier molecular flexibility index (Phi) is 3.28. The van der Waals surface area contributed by atoms with Gasteiger partial charge >= 0.3 is 0 Å². The van der Waals surface area contributed by atoms with Gasteiger partial charge in [0, 0.05) is 11.6 Å². The van der Waals surface area contributed by atoms with Crippen LogP contribution in [-0.4, -0.2) is 5.11 Å². The summed E-state index contributed by atoms with van der Waals surface area (Å²) in [4.78, 5) is 12.8. The van der Waals surface area contributed by atoms with Crippen LogP contribution in [0.2, 0.25) is 0 Å². The summed E-state index contributed by atoms with van der Waals surface area (Å²) in [6, 6.07) is 12.7. The van der Waals surface area contributed by atoms with Crippen molar-refractivity contribution in [2.24, 2.45) is 0 Å². The molecule has 0 fully saturated rings. The molecule has 0 aliphatic carbocycles. The third-order valence-corrected chi connectivity index (χ3v) is 3.78. The Morgan fingerprint density at radius 1 is 1.05 bits per heavy atom. The van der Waals surface area contributed by atoms with E-state index in [0.29, 0.717) is 16.5 Å². The fraction of sp³-hybridized carbons (Fsp3) is 0.211. The molecule has 112 valence electrons. The maximum absolute atomic E-state index is 12.8. The minimum atomic E-state index is -0.256. The zero-order valence-electron chi connectivity index (χ0n) is 12.9. The van der Waals surface area contributed by atoms with Crippen molar-refractivity contribution in [1.29, 1.82) is 0 Å². The Hall–Kier alpha value is -2.55. The molecule has 1 aromatic heterocycles. The van der Waals surface area contributed by atoms with Crippen LogP contribution in [0.25, 0.3) is 22.1 Å². The average Bonchev–Trinajstić information content (AvgIpc) is 2.47. The van der Waals surface area contributed by atoms with Gasteiger partial charge in [-0.2, -0.15) is 0 Å². The summed E-state index contributed by atoms with van der Waals surface area (Å²) < 4.78 is 5.57. The van der Waals surface area contributed by atoms with Crippen molar-refractivity contribution in [2.75, 3.05) is 0 Å². The number of phenolic OH excluding ortho intramolecular Hbond substituents is 1. The van der Waals surface area contributed by atoms with E-state index >= 15 is 0 Å². The van der Waals surface area contributed by atoms with Crippen LogP contribution in [0.5, 0.6) is 5.75 Å². The van der Waals surface area contributed by atoms with Crippen molar-refractivity contribution in [3.8, 4) is 16.9 Å². The minimum absolute atomic E-state index is 0.0852. The zero-order chi connectivity index (χ0) is 15.9. The summed E-state index contributed by atoms with van der Waals surface area (Å²) >= 11 is 0. The number of benzene rings is 2. The van der Waals surface area contributed by atoms with Crippen molar-refractivity contribution >= 4 is 11.0 Å². The molecule has 1 N–H and O–H groups in total. The number of hydrogen-bond donors (Lipinski definition) is 1. The van der Waals surface area contributed by atoms with E-state index in [9.17, 15) is 9.90 Å². The maximum Gasteiger partial charge on any atom is 0.200 e. The van der Waals surface area contributed by atoms with Crippen LogP contribution in [0, 0.1) is 0 Å². The fourth-order valence-corrected chi connectivity index (χ4v) is 2.58. The summed E-state index contributed by atoms with van der Waals surface area (Å²) in [7, 11) is 0. The molecule has 0 atom stereocenters. The molecule has 0 saturated carbocycles. The number of aromatic hydroxyl groups is 1. The number of rotatable bonds is 1. The van der Waals surface area contributed by atoms with E-state index in [1.54, 1.807) is 6.07 Å². The Balaban J connectivity index is 2.31. The van der Waals surface area contributed by atoms with E-state index in [0.717, 1.165) is 11.1 Å². The second kappa shape index (κ2) is 5.02. The van der Waals surface area contributed by atoms with Gasteiger partial charge in [-0.1, -0.05) is 51.1 Å². The lowest BCUT2D eigenvalue weighted by Crippen LogP contribution is -2.13. The highest BCUT2D eigenvalue weighted by atomic mass is 16.3. The van der Waals surface area contributed by atoms with E-state index < -0.39 is 0 Å². The molecule has 22 heavy (non-hydrogen) atoms. The molecule has 0 aliphatic heterocycles. The van der Waals surface area contributed by atoms with E-state index in [1.807, 2.05) is 51.1 Å². The third kappa shape index (κ3) is 2.39. The highest BCUT2D eigenvalue weighted by Crippen LogP contribution is 2.33. The molecule has 0 unspecified atom stereocenters. The largest absolute Gasteiger partial charge is 0.508 e. The molecule has 0 radical (unpaired) electrons. The summed E-state index contributed by atoms with van der Waals surface area (Å²) in [6.45, 7) is 5.99. The highest BCUT2D eigenvalue weighted by Gasteiger charge is 2.20. The Morgan fingerprint density at radius 2 is 1.73 bits per heavy atom. The van der Waals surface area contributed by atoms with Crippen LogP contribution in [0.1, 0.15) is 26.3 Å². The molecule has 3 rings (SSSR count). The van der Waals surface area contributed by atoms with Crippen molar-refractivity contribution in [2.45, 2.75) is 26.2 Å². The molecule has 0 spiro atoms. The monoisotopic (exact) mass is 294 g/mol. The second-order valence-electron chi connectivity index (χ2n) is 6.46. The minimum Gasteiger partial charge on any atom is -0.508 e. The predicted octanol–water partition coefficient (Wildman–Crippen LogP) is 4.46. The molecule has 0 aliphatic rings. The van der Waals surface area contributed by atoms with Crippen LogP contribution in [0.15, 0.2) is 57.9 Å². The lowest BCUT2D eigenvalue weighted by molar-refractivity contribution is 0.446. The van der Waals surface area contributed by atoms with Gasteiger partial charge in [0.2, 0.25) is 5.43 Å². The van der Waals surface area contributed by atoms with Crippen molar-refractivity contribution in [1.82, 2.24) is 0 Å². The highest BCUT2D eigenvalue weighted by molar-refractivity contribution is 5.84. The first-order valence-corrected chi connectivity index (χ1v) is 7.22. The Bertz CT molecular complexity index is 884. The van der Waals surface area contributed by atoms with Gasteiger partial charge in [-0.25, -0.2) is 0 Å². The molecular weight excluding hydrogens is 276 g/mol. The number of phenols is 1. The second-order valence-corrected chi connectivity index (χ2v) is 6.46. The van der Waals surface area contributed by atoms with Crippen molar-refractivity contribution < 1.29 is 9.52 Å². The molecule has 3 heteroatoms. The van der Waals surface area contributed by atoms with Gasteiger partial charge in [-0.05, 0) is 17.0 Å². The molecular formula is C19H18O3. The Morgan fingerprint density at radius 3 is 2.36 bits per heavy atom. The molecule has 2 aromatic carbocycles. The van der Waals surface area contributed by atoms with Gasteiger partial charge < -0.3 is 9.52 Å². The lowest BCUT2D eigenvalue weighted by Gasteiger charge is -2.20. The van der Waals surface area contributed by atoms with Crippen LogP contribution >= 0.6 is 0 Å². The van der Waals surface area contributed by atoms with Crippen LogP contribution in [0.3, 0.4) is 0 Å². The third-order valence-electron chi connectivity index (χ3n) is 3.78. The molecule has 0 bridgehead atoms. The zero-order valence-corrected chi connectivity index (χ0v) is 12.9. The predicted molar refractivity (Wildman–Crippen MR) is 88.3 cm³/mol. The SMILES string of the molecule is CC(C)(C)c1cc2c(=O)c(-c3ccccc3)coc2cc1O. The molecule has 3 aromatic rings. The van der Waals surface area contributed by atoms with Gasteiger partial charge in [-0.15, -0.1) is 0 Å². The van der Waals surface area contributed by atoms with Gasteiger partial charge in [0.25, 0.3) is 0 Å². The topological polar surface area (TPSA) is 50.4 Å². The Labute approximate surface area is 128 Å².